The van der Waals surface area contributed by atoms with Gasteiger partial charge in [0.1, 0.15) is 0 Å². The summed E-state index contributed by atoms with van der Waals surface area (Å²) in [5.41, 5.74) is 1.41. The molecule has 1 amide bonds. The number of benzene rings is 1. The average molecular weight is 307 g/mol. The van der Waals surface area contributed by atoms with Gasteiger partial charge in [0.15, 0.2) is 15.5 Å². The molecule has 2 N–H and O–H groups in total. The standard InChI is InChI=1S/C14H17N3O3S/c1-9-3-4-11-10(7-9)12(17-16-11)13(18)15-14(2)5-6-21(19,20)8-14/h3-4,7H,5-6,8H2,1-2H3,(H,15,18)(H,16,17). The summed E-state index contributed by atoms with van der Waals surface area (Å²) in [6, 6.07) is 5.70. The highest BCUT2D eigenvalue weighted by Crippen LogP contribution is 2.24. The second kappa shape index (κ2) is 4.56. The fraction of sp³-hybridized carbons (Fsp3) is 0.429. The summed E-state index contributed by atoms with van der Waals surface area (Å²) in [6.07, 6.45) is 0.433. The Labute approximate surface area is 122 Å². The molecule has 0 bridgehead atoms. The summed E-state index contributed by atoms with van der Waals surface area (Å²) in [4.78, 5) is 12.4. The first-order valence-corrected chi connectivity index (χ1v) is 8.58. The third-order valence-corrected chi connectivity index (χ3v) is 5.76. The van der Waals surface area contributed by atoms with Crippen molar-refractivity contribution >= 4 is 26.6 Å². The molecule has 112 valence electrons. The van der Waals surface area contributed by atoms with Crippen LogP contribution in [0.2, 0.25) is 0 Å². The fourth-order valence-electron chi connectivity index (χ4n) is 2.74. The van der Waals surface area contributed by atoms with Gasteiger partial charge in [0.2, 0.25) is 0 Å². The summed E-state index contributed by atoms with van der Waals surface area (Å²) >= 11 is 0. The van der Waals surface area contributed by atoms with Gasteiger partial charge in [-0.1, -0.05) is 11.6 Å². The van der Waals surface area contributed by atoms with Gasteiger partial charge in [0.05, 0.1) is 22.6 Å². The van der Waals surface area contributed by atoms with E-state index in [1.165, 1.54) is 0 Å². The van der Waals surface area contributed by atoms with Crippen LogP contribution >= 0.6 is 0 Å². The summed E-state index contributed by atoms with van der Waals surface area (Å²) in [7, 11) is -3.06. The van der Waals surface area contributed by atoms with Gasteiger partial charge in [-0.3, -0.25) is 9.89 Å². The fourth-order valence-corrected chi connectivity index (χ4v) is 4.84. The number of carbonyl (C=O) groups excluding carboxylic acids is 1. The number of aromatic nitrogens is 2. The summed E-state index contributed by atoms with van der Waals surface area (Å²) in [5.74, 6) is -0.247. The molecule has 1 aromatic carbocycles. The van der Waals surface area contributed by atoms with Crippen LogP contribution in [0.3, 0.4) is 0 Å². The number of carbonyl (C=O) groups is 1. The van der Waals surface area contributed by atoms with Gasteiger partial charge < -0.3 is 5.32 Å². The van der Waals surface area contributed by atoms with Gasteiger partial charge in [-0.25, -0.2) is 8.42 Å². The van der Waals surface area contributed by atoms with E-state index in [-0.39, 0.29) is 17.4 Å². The number of sulfone groups is 1. The first-order chi connectivity index (χ1) is 9.78. The molecule has 0 saturated carbocycles. The highest BCUT2D eigenvalue weighted by atomic mass is 32.2. The Bertz CT molecular complexity index is 825. The number of H-pyrrole nitrogens is 1. The molecule has 1 unspecified atom stereocenters. The topological polar surface area (TPSA) is 91.9 Å². The summed E-state index contributed by atoms with van der Waals surface area (Å²) in [5, 5.41) is 10.5. The van der Waals surface area contributed by atoms with E-state index in [2.05, 4.69) is 15.5 Å². The van der Waals surface area contributed by atoms with Gasteiger partial charge in [0, 0.05) is 5.39 Å². The molecule has 1 saturated heterocycles. The number of aromatic amines is 1. The molecule has 1 fully saturated rings. The molecule has 7 heteroatoms. The number of hydrogen-bond donors (Lipinski definition) is 2. The van der Waals surface area contributed by atoms with E-state index in [0.717, 1.165) is 16.5 Å². The number of nitrogens with one attached hydrogen (secondary N) is 2. The molecule has 3 rings (SSSR count). The van der Waals surface area contributed by atoms with Crippen LogP contribution < -0.4 is 5.32 Å². The SMILES string of the molecule is Cc1ccc2[nH]nc(C(=O)NC3(C)CCS(=O)(=O)C3)c2c1. The van der Waals surface area contributed by atoms with E-state index in [1.54, 1.807) is 6.92 Å². The summed E-state index contributed by atoms with van der Waals surface area (Å²) in [6.45, 7) is 3.70. The minimum atomic E-state index is -3.06. The van der Waals surface area contributed by atoms with Crippen molar-refractivity contribution in [3.8, 4) is 0 Å². The van der Waals surface area contributed by atoms with Crippen LogP contribution in [0.15, 0.2) is 18.2 Å². The smallest absolute Gasteiger partial charge is 0.272 e. The van der Waals surface area contributed by atoms with Gasteiger partial charge in [0.25, 0.3) is 5.91 Å². The molecule has 1 aromatic heterocycles. The molecule has 0 spiro atoms. The molecule has 1 atom stereocenters. The number of aryl methyl sites for hydroxylation is 1. The lowest BCUT2D eigenvalue weighted by molar-refractivity contribution is 0.0912. The normalized spacial score (nSPS) is 24.3. The maximum absolute atomic E-state index is 12.4. The first-order valence-electron chi connectivity index (χ1n) is 6.76. The van der Waals surface area contributed by atoms with Crippen LogP contribution in [0.5, 0.6) is 0 Å². The Hall–Kier alpha value is -1.89. The molecule has 21 heavy (non-hydrogen) atoms. The lowest BCUT2D eigenvalue weighted by Crippen LogP contribution is -2.47. The lowest BCUT2D eigenvalue weighted by Gasteiger charge is -2.23. The van der Waals surface area contributed by atoms with Crippen LogP contribution in [0.1, 0.15) is 29.4 Å². The van der Waals surface area contributed by atoms with E-state index < -0.39 is 15.4 Å². The van der Waals surface area contributed by atoms with E-state index in [0.29, 0.717) is 12.1 Å². The largest absolute Gasteiger partial charge is 0.344 e. The van der Waals surface area contributed by atoms with Crippen molar-refractivity contribution < 1.29 is 13.2 Å². The second-order valence-electron chi connectivity index (χ2n) is 5.98. The van der Waals surface area contributed by atoms with Crippen molar-refractivity contribution in [3.63, 3.8) is 0 Å². The first kappa shape index (κ1) is 14.1. The minimum Gasteiger partial charge on any atom is -0.344 e. The Balaban J connectivity index is 1.90. The number of nitrogens with zero attached hydrogens (tertiary/aromatic N) is 1. The Morgan fingerprint density at radius 3 is 2.86 bits per heavy atom. The number of hydrogen-bond acceptors (Lipinski definition) is 4. The van der Waals surface area contributed by atoms with Gasteiger partial charge in [-0.15, -0.1) is 0 Å². The number of fused-ring (bicyclic) bond motifs is 1. The quantitative estimate of drug-likeness (QED) is 0.871. The summed E-state index contributed by atoms with van der Waals surface area (Å²) < 4.78 is 23.2. The highest BCUT2D eigenvalue weighted by Gasteiger charge is 2.40. The third kappa shape index (κ3) is 2.65. The maximum Gasteiger partial charge on any atom is 0.272 e. The highest BCUT2D eigenvalue weighted by molar-refractivity contribution is 7.91. The monoisotopic (exact) mass is 307 g/mol. The van der Waals surface area contributed by atoms with Crippen molar-refractivity contribution in [1.29, 1.82) is 0 Å². The molecule has 2 aromatic rings. The zero-order valence-corrected chi connectivity index (χ0v) is 12.8. The van der Waals surface area contributed by atoms with Crippen molar-refractivity contribution in [2.45, 2.75) is 25.8 Å². The van der Waals surface area contributed by atoms with Gasteiger partial charge in [-0.05, 0) is 32.4 Å². The van der Waals surface area contributed by atoms with Gasteiger partial charge in [-0.2, -0.15) is 5.10 Å². The number of rotatable bonds is 2. The molecular formula is C14H17N3O3S. The average Bonchev–Trinajstić information content (AvgIpc) is 2.90. The molecule has 1 aliphatic rings. The minimum absolute atomic E-state index is 0.0207. The van der Waals surface area contributed by atoms with E-state index in [4.69, 9.17) is 0 Å². The molecular weight excluding hydrogens is 290 g/mol. The molecule has 1 aliphatic heterocycles. The molecule has 0 radical (unpaired) electrons. The zero-order chi connectivity index (χ0) is 15.3. The number of amides is 1. The van der Waals surface area contributed by atoms with Crippen molar-refractivity contribution in [1.82, 2.24) is 15.5 Å². The molecule has 6 nitrogen and oxygen atoms in total. The van der Waals surface area contributed by atoms with Crippen molar-refractivity contribution in [3.05, 3.63) is 29.5 Å². The Morgan fingerprint density at radius 2 is 2.19 bits per heavy atom. The van der Waals surface area contributed by atoms with E-state index >= 15 is 0 Å². The van der Waals surface area contributed by atoms with E-state index in [1.807, 2.05) is 25.1 Å². The van der Waals surface area contributed by atoms with E-state index in [9.17, 15) is 13.2 Å². The van der Waals surface area contributed by atoms with Crippen molar-refractivity contribution in [2.75, 3.05) is 11.5 Å². The molecule has 0 aliphatic carbocycles. The molecule has 2 heterocycles. The van der Waals surface area contributed by atoms with Crippen LogP contribution in [-0.4, -0.2) is 41.6 Å². The van der Waals surface area contributed by atoms with Crippen LogP contribution in [0.25, 0.3) is 10.9 Å². The predicted molar refractivity (Wildman–Crippen MR) is 80.0 cm³/mol. The van der Waals surface area contributed by atoms with Crippen LogP contribution in [-0.2, 0) is 9.84 Å². The Morgan fingerprint density at radius 1 is 1.43 bits per heavy atom. The van der Waals surface area contributed by atoms with Crippen LogP contribution in [0.4, 0.5) is 0 Å². The maximum atomic E-state index is 12.4. The zero-order valence-electron chi connectivity index (χ0n) is 11.9. The van der Waals surface area contributed by atoms with Crippen molar-refractivity contribution in [2.24, 2.45) is 0 Å². The second-order valence-corrected chi connectivity index (χ2v) is 8.16. The third-order valence-electron chi connectivity index (χ3n) is 3.85. The van der Waals surface area contributed by atoms with Crippen LogP contribution in [0, 0.1) is 6.92 Å². The predicted octanol–water partition coefficient (Wildman–Crippen LogP) is 1.18. The van der Waals surface area contributed by atoms with Gasteiger partial charge >= 0.3 is 0 Å². The lowest BCUT2D eigenvalue weighted by atomic mass is 10.0. The Kier molecular flexibility index (Phi) is 3.05.